The van der Waals surface area contributed by atoms with E-state index in [4.69, 9.17) is 19.3 Å². The monoisotopic (exact) mass is 548 g/mol. The largest absolute Gasteiger partial charge is 0.497 e. The summed E-state index contributed by atoms with van der Waals surface area (Å²) in [7, 11) is 3.28. The molecule has 1 fully saturated rings. The quantitative estimate of drug-likeness (QED) is 0.283. The van der Waals surface area contributed by atoms with Crippen LogP contribution in [-0.4, -0.2) is 49.0 Å². The Morgan fingerprint density at radius 3 is 2.33 bits per heavy atom. The summed E-state index contributed by atoms with van der Waals surface area (Å²) in [6, 6.07) is 13.3. The zero-order valence-corrected chi connectivity index (χ0v) is 23.9. The summed E-state index contributed by atoms with van der Waals surface area (Å²) in [5, 5.41) is 11.4. The van der Waals surface area contributed by atoms with Crippen LogP contribution in [0.1, 0.15) is 73.1 Å². The van der Waals surface area contributed by atoms with E-state index in [0.717, 1.165) is 35.5 Å². The number of carbonyl (C=O) groups is 2. The number of aromatic nitrogens is 2. The predicted molar refractivity (Wildman–Crippen MR) is 154 cm³/mol. The third-order valence-electron chi connectivity index (χ3n) is 7.38. The maximum atomic E-state index is 12.5. The number of hydrogen-bond acceptors (Lipinski definition) is 7. The molecular weight excluding hydrogens is 508 g/mol. The van der Waals surface area contributed by atoms with E-state index in [1.807, 2.05) is 41.9 Å². The molecular formula is C31H40N4O5. The van der Waals surface area contributed by atoms with Crippen molar-refractivity contribution in [3.63, 3.8) is 0 Å². The van der Waals surface area contributed by atoms with Gasteiger partial charge in [-0.15, -0.1) is 0 Å². The van der Waals surface area contributed by atoms with Crippen molar-refractivity contribution in [2.45, 2.75) is 58.4 Å². The Kier molecular flexibility index (Phi) is 10.0. The molecule has 1 atom stereocenters. The van der Waals surface area contributed by atoms with Crippen molar-refractivity contribution in [2.75, 3.05) is 32.7 Å². The van der Waals surface area contributed by atoms with Gasteiger partial charge in [-0.3, -0.25) is 9.59 Å². The minimum Gasteiger partial charge on any atom is -0.497 e. The summed E-state index contributed by atoms with van der Waals surface area (Å²) in [6.07, 6.45) is 8.25. The molecule has 0 saturated heterocycles. The molecule has 0 spiro atoms. The number of benzene rings is 2. The van der Waals surface area contributed by atoms with Crippen LogP contribution in [0.25, 0.3) is 5.69 Å². The van der Waals surface area contributed by atoms with Crippen molar-refractivity contribution in [2.24, 2.45) is 5.92 Å². The molecule has 1 aromatic heterocycles. The zero-order chi connectivity index (χ0) is 28.5. The zero-order valence-electron chi connectivity index (χ0n) is 23.9. The molecule has 1 aliphatic carbocycles. The molecule has 4 rings (SSSR count). The average Bonchev–Trinajstić information content (AvgIpc) is 3.37. The second kappa shape index (κ2) is 13.9. The van der Waals surface area contributed by atoms with Gasteiger partial charge < -0.3 is 24.8 Å². The number of rotatable bonds is 12. The van der Waals surface area contributed by atoms with Crippen LogP contribution in [0.2, 0.25) is 0 Å². The lowest BCUT2D eigenvalue weighted by molar-refractivity contribution is -0.142. The van der Waals surface area contributed by atoms with Crippen molar-refractivity contribution in [1.82, 2.24) is 15.1 Å². The topological polar surface area (TPSA) is 104 Å². The Bertz CT molecular complexity index is 1260. The van der Waals surface area contributed by atoms with Crippen molar-refractivity contribution in [3.05, 3.63) is 65.5 Å². The second-order valence-electron chi connectivity index (χ2n) is 10.1. The SMILES string of the molecule is CCOC(=O)CCNC(=O)c1ccc(NC(c2cn(-c3cc(OC)cc(OC)c3)nc2C)C2CCCCC2)cc1. The Hall–Kier alpha value is -4.01. The van der Waals surface area contributed by atoms with Crippen molar-refractivity contribution in [3.8, 4) is 17.2 Å². The maximum absolute atomic E-state index is 12.5. The number of ether oxygens (including phenoxy) is 3. The number of nitrogens with zero attached hydrogens (tertiary/aromatic N) is 2. The maximum Gasteiger partial charge on any atom is 0.307 e. The van der Waals surface area contributed by atoms with Gasteiger partial charge in [0.15, 0.2) is 0 Å². The third kappa shape index (κ3) is 7.34. The van der Waals surface area contributed by atoms with E-state index in [9.17, 15) is 9.59 Å². The lowest BCUT2D eigenvalue weighted by atomic mass is 9.81. The summed E-state index contributed by atoms with van der Waals surface area (Å²) < 4.78 is 17.7. The molecule has 214 valence electrons. The van der Waals surface area contributed by atoms with Crippen LogP contribution >= 0.6 is 0 Å². The standard InChI is InChI=1S/C31H40N4O5/c1-5-40-29(36)15-16-32-31(37)23-11-13-24(14-12-23)33-30(22-9-7-6-8-10-22)28-20-35(34-21(28)2)25-17-26(38-3)19-27(18-25)39-4/h11-14,17-20,22,30,33H,5-10,15-16H2,1-4H3,(H,32,37). The van der Waals surface area contributed by atoms with Gasteiger partial charge in [0.25, 0.3) is 5.91 Å². The lowest BCUT2D eigenvalue weighted by Crippen LogP contribution is -2.26. The van der Waals surface area contributed by atoms with Crippen LogP contribution in [-0.2, 0) is 9.53 Å². The van der Waals surface area contributed by atoms with E-state index in [-0.39, 0.29) is 30.9 Å². The molecule has 3 aromatic rings. The fraction of sp³-hybridized carbons (Fsp3) is 0.452. The fourth-order valence-electron chi connectivity index (χ4n) is 5.26. The second-order valence-corrected chi connectivity index (χ2v) is 10.1. The van der Waals surface area contributed by atoms with Gasteiger partial charge in [-0.2, -0.15) is 5.10 Å². The molecule has 1 amide bonds. The number of aryl methyl sites for hydroxylation is 1. The van der Waals surface area contributed by atoms with E-state index in [1.54, 1.807) is 33.3 Å². The third-order valence-corrected chi connectivity index (χ3v) is 7.38. The van der Waals surface area contributed by atoms with Crippen molar-refractivity contribution in [1.29, 1.82) is 0 Å². The number of esters is 1. The molecule has 0 aliphatic heterocycles. The smallest absolute Gasteiger partial charge is 0.307 e. The van der Waals surface area contributed by atoms with Gasteiger partial charge in [-0.1, -0.05) is 19.3 Å². The first kappa shape index (κ1) is 29.0. The highest BCUT2D eigenvalue weighted by Crippen LogP contribution is 2.38. The van der Waals surface area contributed by atoms with E-state index < -0.39 is 0 Å². The molecule has 2 N–H and O–H groups in total. The average molecular weight is 549 g/mol. The predicted octanol–water partition coefficient (Wildman–Crippen LogP) is 5.61. The highest BCUT2D eigenvalue weighted by Gasteiger charge is 2.28. The highest BCUT2D eigenvalue weighted by atomic mass is 16.5. The van der Waals surface area contributed by atoms with Gasteiger partial charge in [0, 0.05) is 47.8 Å². The summed E-state index contributed by atoms with van der Waals surface area (Å²) in [6.45, 7) is 4.38. The Balaban J connectivity index is 1.53. The lowest BCUT2D eigenvalue weighted by Gasteiger charge is -2.31. The number of anilines is 1. The van der Waals surface area contributed by atoms with E-state index in [0.29, 0.717) is 29.6 Å². The molecule has 0 radical (unpaired) electrons. The Morgan fingerprint density at radius 1 is 1.02 bits per heavy atom. The first-order valence-electron chi connectivity index (χ1n) is 14.0. The van der Waals surface area contributed by atoms with Crippen LogP contribution in [0.5, 0.6) is 11.5 Å². The summed E-state index contributed by atoms with van der Waals surface area (Å²) in [5.41, 5.74) is 4.46. The Morgan fingerprint density at radius 2 is 1.70 bits per heavy atom. The molecule has 1 aliphatic rings. The molecule has 0 bridgehead atoms. The number of methoxy groups -OCH3 is 2. The van der Waals surface area contributed by atoms with Crippen LogP contribution in [0.4, 0.5) is 5.69 Å². The number of carbonyl (C=O) groups excluding carboxylic acids is 2. The molecule has 1 heterocycles. The molecule has 2 aromatic carbocycles. The van der Waals surface area contributed by atoms with E-state index in [2.05, 4.69) is 16.8 Å². The minimum absolute atomic E-state index is 0.0748. The van der Waals surface area contributed by atoms with Gasteiger partial charge in [-0.05, 0) is 56.9 Å². The summed E-state index contributed by atoms with van der Waals surface area (Å²) in [5.74, 6) is 1.34. The van der Waals surface area contributed by atoms with Crippen LogP contribution < -0.4 is 20.1 Å². The van der Waals surface area contributed by atoms with E-state index in [1.165, 1.54) is 19.3 Å². The fourth-order valence-corrected chi connectivity index (χ4v) is 5.26. The molecule has 9 nitrogen and oxygen atoms in total. The van der Waals surface area contributed by atoms with Gasteiger partial charge in [-0.25, -0.2) is 4.68 Å². The first-order chi connectivity index (χ1) is 19.4. The number of nitrogens with one attached hydrogen (secondary N) is 2. The van der Waals surface area contributed by atoms with Crippen molar-refractivity contribution < 1.29 is 23.8 Å². The van der Waals surface area contributed by atoms with Gasteiger partial charge in [0.2, 0.25) is 0 Å². The highest BCUT2D eigenvalue weighted by molar-refractivity contribution is 5.94. The Labute approximate surface area is 236 Å². The minimum atomic E-state index is -0.319. The number of hydrogen-bond donors (Lipinski definition) is 2. The summed E-state index contributed by atoms with van der Waals surface area (Å²) >= 11 is 0. The molecule has 9 heteroatoms. The van der Waals surface area contributed by atoms with Gasteiger partial charge in [0.05, 0.1) is 44.7 Å². The first-order valence-corrected chi connectivity index (χ1v) is 14.0. The van der Waals surface area contributed by atoms with Crippen LogP contribution in [0.15, 0.2) is 48.7 Å². The van der Waals surface area contributed by atoms with Gasteiger partial charge in [0.1, 0.15) is 11.5 Å². The van der Waals surface area contributed by atoms with Gasteiger partial charge >= 0.3 is 5.97 Å². The molecule has 1 saturated carbocycles. The molecule has 1 unspecified atom stereocenters. The number of amides is 1. The normalized spacial score (nSPS) is 14.3. The van der Waals surface area contributed by atoms with E-state index >= 15 is 0 Å². The molecule has 40 heavy (non-hydrogen) atoms. The van der Waals surface area contributed by atoms with Crippen LogP contribution in [0, 0.1) is 12.8 Å². The summed E-state index contributed by atoms with van der Waals surface area (Å²) in [4.78, 5) is 24.1. The van der Waals surface area contributed by atoms with Crippen molar-refractivity contribution >= 4 is 17.6 Å². The van der Waals surface area contributed by atoms with Crippen LogP contribution in [0.3, 0.4) is 0 Å².